The lowest BCUT2D eigenvalue weighted by Gasteiger charge is -2.48. The molecule has 0 aromatic rings. The molecule has 0 aliphatic heterocycles. The fraction of sp³-hybridized carbons (Fsp3) is 1.00. The first-order chi connectivity index (χ1) is 9.15. The van der Waals surface area contributed by atoms with Gasteiger partial charge in [0.1, 0.15) is 0 Å². The summed E-state index contributed by atoms with van der Waals surface area (Å²) in [5, 5.41) is -0.129. The van der Waals surface area contributed by atoms with Crippen LogP contribution in [0, 0.1) is 16.7 Å². The number of hydrogen-bond acceptors (Lipinski definition) is 3. The first-order valence-electron chi connectivity index (χ1n) is 6.90. The van der Waals surface area contributed by atoms with Crippen molar-refractivity contribution in [1.82, 2.24) is 0 Å². The normalized spacial score (nSPS) is 37.0. The molecule has 2 saturated carbocycles. The fourth-order valence-electron chi connectivity index (χ4n) is 4.31. The largest absolute Gasteiger partial charge is 0.523 e. The lowest BCUT2D eigenvalue weighted by Crippen LogP contribution is -2.40. The van der Waals surface area contributed by atoms with Crippen LogP contribution in [0.2, 0.25) is 0 Å². The van der Waals surface area contributed by atoms with Gasteiger partial charge in [0.25, 0.3) is 0 Å². The number of hydrogen-bond donors (Lipinski definition) is 0. The number of halogens is 3. The maximum absolute atomic E-state index is 12.6. The summed E-state index contributed by atoms with van der Waals surface area (Å²) in [5.74, 6) is 0.427. The summed E-state index contributed by atoms with van der Waals surface area (Å²) < 4.78 is 65.2. The molecule has 3 nitrogen and oxygen atoms in total. The predicted molar refractivity (Wildman–Crippen MR) is 78.5 cm³/mol. The Morgan fingerprint density at radius 2 is 1.67 bits per heavy atom. The molecule has 0 heterocycles. The molecule has 3 unspecified atom stereocenters. The molecule has 0 amide bonds. The molecule has 2 bridgehead atoms. The maximum atomic E-state index is 12.6. The van der Waals surface area contributed by atoms with Crippen LogP contribution in [-0.4, -0.2) is 31.7 Å². The molecule has 0 N–H and O–H groups in total. The van der Waals surface area contributed by atoms with E-state index in [9.17, 15) is 21.6 Å². The third kappa shape index (κ3) is 2.41. The van der Waals surface area contributed by atoms with Gasteiger partial charge in [0, 0.05) is 5.25 Å². The molecular weight excluding hydrogens is 325 g/mol. The molecule has 2 aliphatic carbocycles. The van der Waals surface area contributed by atoms with E-state index in [1.807, 2.05) is 0 Å². The van der Waals surface area contributed by atoms with Gasteiger partial charge < -0.3 is 0 Å². The van der Waals surface area contributed by atoms with E-state index < -0.39 is 25.9 Å². The summed E-state index contributed by atoms with van der Waals surface area (Å²) in [6.45, 7) is 6.35. The lowest BCUT2D eigenvalue weighted by molar-refractivity contribution is -0.0496. The van der Waals surface area contributed by atoms with Crippen molar-refractivity contribution in [3.8, 4) is 0 Å². The highest BCUT2D eigenvalue weighted by Crippen LogP contribution is 2.74. The predicted octanol–water partition coefficient (Wildman–Crippen LogP) is 4.05. The SMILES string of the molecule is CC1(C)C2CCC1(C)C(S(C)(C)OS(=O)(=O)C(F)(F)F)C2. The van der Waals surface area contributed by atoms with Crippen molar-refractivity contribution in [2.45, 2.75) is 50.8 Å². The van der Waals surface area contributed by atoms with E-state index in [4.69, 9.17) is 3.63 Å². The summed E-state index contributed by atoms with van der Waals surface area (Å²) >= 11 is 0. The minimum absolute atomic E-state index is 0.00723. The highest BCUT2D eigenvalue weighted by atomic mass is 32.3. The average Bonchev–Trinajstić information content (AvgIpc) is 2.57. The summed E-state index contributed by atoms with van der Waals surface area (Å²) in [4.78, 5) is 0. The zero-order valence-corrected chi connectivity index (χ0v) is 14.6. The molecule has 0 saturated heterocycles. The van der Waals surface area contributed by atoms with Crippen molar-refractivity contribution >= 4 is 20.4 Å². The second kappa shape index (κ2) is 4.54. The number of fused-ring (bicyclic) bond motifs is 2. The van der Waals surface area contributed by atoms with E-state index in [2.05, 4.69) is 20.8 Å². The monoisotopic (exact) mass is 348 g/mol. The third-order valence-electron chi connectivity index (χ3n) is 5.95. The van der Waals surface area contributed by atoms with Crippen molar-refractivity contribution < 1.29 is 25.2 Å². The Labute approximate surface area is 126 Å². The molecular formula is C13H23F3O3S2. The van der Waals surface area contributed by atoms with Crippen molar-refractivity contribution in [3.63, 3.8) is 0 Å². The first-order valence-corrected chi connectivity index (χ1v) is 10.7. The van der Waals surface area contributed by atoms with Gasteiger partial charge in [-0.15, -0.1) is 10.3 Å². The van der Waals surface area contributed by atoms with Crippen molar-refractivity contribution in [2.24, 2.45) is 16.7 Å². The maximum Gasteiger partial charge on any atom is 0.523 e. The molecule has 21 heavy (non-hydrogen) atoms. The zero-order chi connectivity index (χ0) is 16.5. The summed E-state index contributed by atoms with van der Waals surface area (Å²) in [7, 11) is -7.91. The highest BCUT2D eigenvalue weighted by molar-refractivity contribution is 8.32. The molecule has 8 heteroatoms. The van der Waals surface area contributed by atoms with Crippen molar-refractivity contribution in [2.75, 3.05) is 12.5 Å². The van der Waals surface area contributed by atoms with Gasteiger partial charge in [-0.1, -0.05) is 20.8 Å². The van der Waals surface area contributed by atoms with E-state index in [-0.39, 0.29) is 16.1 Å². The van der Waals surface area contributed by atoms with Crippen LogP contribution < -0.4 is 0 Å². The van der Waals surface area contributed by atoms with Gasteiger partial charge in [-0.3, -0.25) is 0 Å². The van der Waals surface area contributed by atoms with Crippen LogP contribution in [0.3, 0.4) is 0 Å². The summed E-state index contributed by atoms with van der Waals surface area (Å²) in [6.07, 6.45) is 5.81. The molecule has 0 radical (unpaired) electrons. The van der Waals surface area contributed by atoms with Crippen LogP contribution in [-0.2, 0) is 13.7 Å². The third-order valence-corrected chi connectivity index (χ3v) is 10.7. The van der Waals surface area contributed by atoms with Crippen LogP contribution >= 0.6 is 10.3 Å². The highest BCUT2D eigenvalue weighted by Gasteiger charge is 2.65. The van der Waals surface area contributed by atoms with E-state index in [1.165, 1.54) is 0 Å². The Morgan fingerprint density at radius 1 is 1.14 bits per heavy atom. The molecule has 0 spiro atoms. The quantitative estimate of drug-likeness (QED) is 0.723. The number of alkyl halides is 3. The van der Waals surface area contributed by atoms with E-state index in [0.717, 1.165) is 19.3 Å². The zero-order valence-electron chi connectivity index (χ0n) is 13.0. The summed E-state index contributed by atoms with van der Waals surface area (Å²) in [6, 6.07) is 0. The Hall–Kier alpha value is 0.0500. The Morgan fingerprint density at radius 3 is 2.00 bits per heavy atom. The lowest BCUT2D eigenvalue weighted by atomic mass is 9.71. The summed E-state index contributed by atoms with van der Waals surface area (Å²) in [5.41, 5.74) is -5.52. The Balaban J connectivity index is 2.31. The smallest absolute Gasteiger partial charge is 0.213 e. The van der Waals surface area contributed by atoms with Crippen molar-refractivity contribution in [1.29, 1.82) is 0 Å². The van der Waals surface area contributed by atoms with Gasteiger partial charge in [0.2, 0.25) is 0 Å². The molecule has 2 rings (SSSR count). The minimum Gasteiger partial charge on any atom is -0.213 e. The first kappa shape index (κ1) is 17.4. The molecule has 3 atom stereocenters. The number of rotatable bonds is 3. The van der Waals surface area contributed by atoms with Crippen LogP contribution in [0.5, 0.6) is 0 Å². The van der Waals surface area contributed by atoms with Crippen LogP contribution in [0.25, 0.3) is 0 Å². The average molecular weight is 348 g/mol. The topological polar surface area (TPSA) is 43.4 Å². The van der Waals surface area contributed by atoms with Crippen LogP contribution in [0.15, 0.2) is 0 Å². The van der Waals surface area contributed by atoms with E-state index >= 15 is 0 Å². The molecule has 0 aromatic heterocycles. The fourth-order valence-corrected chi connectivity index (χ4v) is 9.21. The Kier molecular flexibility index (Phi) is 3.76. The van der Waals surface area contributed by atoms with Crippen molar-refractivity contribution in [3.05, 3.63) is 0 Å². The molecule has 2 aliphatic rings. The molecule has 0 aromatic carbocycles. The van der Waals surface area contributed by atoms with E-state index in [0.29, 0.717) is 5.92 Å². The minimum atomic E-state index is -5.54. The standard InChI is InChI=1S/C13H23F3O3S2/c1-11(2)9-6-7-12(11,3)10(8-9)20(4,5)19-21(17,18)13(14,15)16/h9-10H,6-8H2,1-5H3. The van der Waals surface area contributed by atoms with Crippen LogP contribution in [0.1, 0.15) is 40.0 Å². The second-order valence-corrected chi connectivity index (χ2v) is 12.5. The van der Waals surface area contributed by atoms with E-state index in [1.54, 1.807) is 12.5 Å². The van der Waals surface area contributed by atoms with Gasteiger partial charge >= 0.3 is 15.6 Å². The van der Waals surface area contributed by atoms with Gasteiger partial charge in [-0.05, 0) is 48.5 Å². The van der Waals surface area contributed by atoms with Gasteiger partial charge in [-0.2, -0.15) is 21.6 Å². The van der Waals surface area contributed by atoms with Gasteiger partial charge in [0.15, 0.2) is 0 Å². The molecule has 2 fully saturated rings. The van der Waals surface area contributed by atoms with Crippen LogP contribution in [0.4, 0.5) is 13.2 Å². The van der Waals surface area contributed by atoms with Gasteiger partial charge in [0.05, 0.1) is 0 Å². The molecule has 126 valence electrons. The second-order valence-electron chi connectivity index (χ2n) is 7.38. The Bertz CT molecular complexity index is 539. The van der Waals surface area contributed by atoms with Gasteiger partial charge in [-0.25, -0.2) is 3.63 Å².